The predicted molar refractivity (Wildman–Crippen MR) is 72.9 cm³/mol. The largest absolute Gasteiger partial charge is 0.420 e. The van der Waals surface area contributed by atoms with Crippen LogP contribution >= 0.6 is 0 Å². The van der Waals surface area contributed by atoms with Crippen molar-refractivity contribution in [3.05, 3.63) is 47.2 Å². The smallest absolute Gasteiger partial charge is 0.262 e. The van der Waals surface area contributed by atoms with E-state index in [0.717, 1.165) is 17.7 Å². The maximum atomic E-state index is 12.3. The van der Waals surface area contributed by atoms with Gasteiger partial charge in [-0.3, -0.25) is 14.5 Å². The van der Waals surface area contributed by atoms with Gasteiger partial charge in [0.05, 0.1) is 11.1 Å². The van der Waals surface area contributed by atoms with Crippen LogP contribution in [0.15, 0.2) is 28.7 Å². The average Bonchev–Trinajstić information content (AvgIpc) is 3.25. The van der Waals surface area contributed by atoms with Crippen molar-refractivity contribution >= 4 is 11.8 Å². The molecule has 1 aromatic heterocycles. The molecule has 7 nitrogen and oxygen atoms in total. The first-order valence-corrected chi connectivity index (χ1v) is 7.13. The molecule has 3 heterocycles. The molecule has 4 rings (SSSR count). The van der Waals surface area contributed by atoms with Gasteiger partial charge in [0, 0.05) is 6.61 Å². The Morgan fingerprint density at radius 2 is 1.86 bits per heavy atom. The first kappa shape index (κ1) is 13.1. The van der Waals surface area contributed by atoms with Gasteiger partial charge in [0.25, 0.3) is 11.8 Å². The van der Waals surface area contributed by atoms with Gasteiger partial charge in [0.1, 0.15) is 12.6 Å². The highest BCUT2D eigenvalue weighted by Gasteiger charge is 2.36. The highest BCUT2D eigenvalue weighted by Crippen LogP contribution is 2.28. The summed E-state index contributed by atoms with van der Waals surface area (Å²) in [6.07, 6.45) is 1.62. The molecule has 1 aromatic carbocycles. The Bertz CT molecular complexity index is 714. The zero-order valence-corrected chi connectivity index (χ0v) is 11.7. The van der Waals surface area contributed by atoms with Crippen LogP contribution < -0.4 is 0 Å². The maximum absolute atomic E-state index is 12.3. The van der Waals surface area contributed by atoms with Crippen molar-refractivity contribution in [2.75, 3.05) is 6.61 Å². The first-order valence-electron chi connectivity index (χ1n) is 7.13. The van der Waals surface area contributed by atoms with Gasteiger partial charge in [0.2, 0.25) is 11.8 Å². The van der Waals surface area contributed by atoms with Crippen molar-refractivity contribution in [3.63, 3.8) is 0 Å². The zero-order valence-electron chi connectivity index (χ0n) is 11.7. The number of carbonyl (C=O) groups is 2. The number of benzene rings is 1. The van der Waals surface area contributed by atoms with E-state index in [2.05, 4.69) is 10.2 Å². The molecule has 1 fully saturated rings. The number of aromatic nitrogens is 2. The van der Waals surface area contributed by atoms with Crippen LogP contribution in [0.5, 0.6) is 0 Å². The standard InChI is InChI=1S/C15H13N3O4/c19-14-9-4-1-2-5-10(9)15(20)18(14)8-12-16-17-13(22-12)11-6-3-7-21-11/h1-2,4-5,11H,3,6-8H2. The van der Waals surface area contributed by atoms with Gasteiger partial charge in [-0.25, -0.2) is 0 Å². The lowest BCUT2D eigenvalue weighted by molar-refractivity contribution is 0.0620. The summed E-state index contributed by atoms with van der Waals surface area (Å²) in [5, 5.41) is 7.86. The van der Waals surface area contributed by atoms with Crippen LogP contribution in [-0.4, -0.2) is 33.5 Å². The van der Waals surface area contributed by atoms with Gasteiger partial charge in [-0.15, -0.1) is 10.2 Å². The topological polar surface area (TPSA) is 85.5 Å². The van der Waals surface area contributed by atoms with E-state index in [1.165, 1.54) is 0 Å². The normalized spacial score (nSPS) is 20.7. The van der Waals surface area contributed by atoms with Crippen LogP contribution in [0.1, 0.15) is 51.4 Å². The van der Waals surface area contributed by atoms with E-state index in [9.17, 15) is 9.59 Å². The Morgan fingerprint density at radius 3 is 2.50 bits per heavy atom. The third kappa shape index (κ3) is 2.01. The SMILES string of the molecule is O=C1c2ccccc2C(=O)N1Cc1nnc(C2CCCO2)o1. The van der Waals surface area contributed by atoms with Crippen LogP contribution in [0, 0.1) is 0 Å². The second-order valence-electron chi connectivity index (χ2n) is 5.28. The summed E-state index contributed by atoms with van der Waals surface area (Å²) in [5.41, 5.74) is 0.817. The number of hydrogen-bond acceptors (Lipinski definition) is 6. The Hall–Kier alpha value is -2.54. The molecule has 2 aliphatic heterocycles. The monoisotopic (exact) mass is 299 g/mol. The molecule has 0 saturated carbocycles. The number of hydrogen-bond donors (Lipinski definition) is 0. The van der Waals surface area contributed by atoms with Crippen molar-refractivity contribution < 1.29 is 18.7 Å². The van der Waals surface area contributed by atoms with E-state index >= 15 is 0 Å². The van der Waals surface area contributed by atoms with E-state index in [1.807, 2.05) is 0 Å². The predicted octanol–water partition coefficient (Wildman–Crippen LogP) is 1.72. The van der Waals surface area contributed by atoms with Crippen molar-refractivity contribution in [1.82, 2.24) is 15.1 Å². The van der Waals surface area contributed by atoms with Gasteiger partial charge >= 0.3 is 0 Å². The van der Waals surface area contributed by atoms with Crippen LogP contribution in [0.4, 0.5) is 0 Å². The summed E-state index contributed by atoms with van der Waals surface area (Å²) < 4.78 is 11.0. The van der Waals surface area contributed by atoms with Crippen molar-refractivity contribution in [3.8, 4) is 0 Å². The van der Waals surface area contributed by atoms with Crippen molar-refractivity contribution in [2.45, 2.75) is 25.5 Å². The van der Waals surface area contributed by atoms with E-state index in [1.54, 1.807) is 24.3 Å². The van der Waals surface area contributed by atoms with Crippen LogP contribution in [-0.2, 0) is 11.3 Å². The minimum Gasteiger partial charge on any atom is -0.420 e. The minimum atomic E-state index is -0.336. The summed E-state index contributed by atoms with van der Waals surface area (Å²) >= 11 is 0. The van der Waals surface area contributed by atoms with Gasteiger partial charge in [-0.2, -0.15) is 0 Å². The molecule has 0 radical (unpaired) electrons. The molecule has 0 bridgehead atoms. The Morgan fingerprint density at radius 1 is 1.14 bits per heavy atom. The molecule has 2 aliphatic rings. The fourth-order valence-electron chi connectivity index (χ4n) is 2.75. The van der Waals surface area contributed by atoms with Gasteiger partial charge in [-0.05, 0) is 25.0 Å². The minimum absolute atomic E-state index is 0.0218. The third-order valence-electron chi connectivity index (χ3n) is 3.86. The summed E-state index contributed by atoms with van der Waals surface area (Å²) in [6, 6.07) is 6.74. The lowest BCUT2D eigenvalue weighted by atomic mass is 10.1. The molecule has 22 heavy (non-hydrogen) atoms. The lowest BCUT2D eigenvalue weighted by Gasteiger charge is -2.10. The van der Waals surface area contributed by atoms with Gasteiger partial charge in [0.15, 0.2) is 0 Å². The summed E-state index contributed by atoms with van der Waals surface area (Å²) in [7, 11) is 0. The van der Waals surface area contributed by atoms with E-state index < -0.39 is 0 Å². The average molecular weight is 299 g/mol. The molecule has 7 heteroatoms. The van der Waals surface area contributed by atoms with Crippen LogP contribution in [0.2, 0.25) is 0 Å². The van der Waals surface area contributed by atoms with Crippen LogP contribution in [0.3, 0.4) is 0 Å². The molecule has 2 aromatic rings. The van der Waals surface area contributed by atoms with E-state index in [0.29, 0.717) is 23.6 Å². The molecule has 2 amide bonds. The maximum Gasteiger partial charge on any atom is 0.262 e. The second-order valence-corrected chi connectivity index (χ2v) is 5.28. The fraction of sp³-hybridized carbons (Fsp3) is 0.333. The molecule has 1 saturated heterocycles. The number of nitrogens with zero attached hydrogens (tertiary/aromatic N) is 3. The third-order valence-corrected chi connectivity index (χ3v) is 3.86. The van der Waals surface area contributed by atoms with Crippen molar-refractivity contribution in [2.24, 2.45) is 0 Å². The number of rotatable bonds is 3. The van der Waals surface area contributed by atoms with Crippen molar-refractivity contribution in [1.29, 1.82) is 0 Å². The Labute approximate surface area is 125 Å². The molecule has 1 atom stereocenters. The van der Waals surface area contributed by atoms with E-state index in [-0.39, 0.29) is 30.4 Å². The molecule has 1 unspecified atom stereocenters. The number of amides is 2. The molecule has 0 spiro atoms. The number of imide groups is 1. The number of ether oxygens (including phenoxy) is 1. The zero-order chi connectivity index (χ0) is 15.1. The van der Waals surface area contributed by atoms with Gasteiger partial charge < -0.3 is 9.15 Å². The Balaban J connectivity index is 1.55. The molecule has 112 valence electrons. The highest BCUT2D eigenvalue weighted by molar-refractivity contribution is 6.21. The van der Waals surface area contributed by atoms with E-state index in [4.69, 9.17) is 9.15 Å². The highest BCUT2D eigenvalue weighted by atomic mass is 16.5. The summed E-state index contributed by atoms with van der Waals surface area (Å²) in [6.45, 7) is 0.660. The van der Waals surface area contributed by atoms with Gasteiger partial charge in [-0.1, -0.05) is 12.1 Å². The number of fused-ring (bicyclic) bond motifs is 1. The Kier molecular flexibility index (Phi) is 3.00. The molecular weight excluding hydrogens is 286 g/mol. The number of carbonyl (C=O) groups excluding carboxylic acids is 2. The second kappa shape index (κ2) is 5.03. The molecule has 0 N–H and O–H groups in total. The summed E-state index contributed by atoms with van der Waals surface area (Å²) in [4.78, 5) is 25.7. The fourth-order valence-corrected chi connectivity index (χ4v) is 2.75. The first-order chi connectivity index (χ1) is 10.7. The van der Waals surface area contributed by atoms with Crippen LogP contribution in [0.25, 0.3) is 0 Å². The molecule has 0 aliphatic carbocycles. The molecular formula is C15H13N3O4. The summed E-state index contributed by atoms with van der Waals surface area (Å²) in [5.74, 6) is -0.0287. The lowest BCUT2D eigenvalue weighted by Crippen LogP contribution is -2.29. The quantitative estimate of drug-likeness (QED) is 0.802.